The van der Waals surface area contributed by atoms with Gasteiger partial charge in [-0.05, 0) is 73.1 Å². The fraction of sp³-hybridized carbons (Fsp3) is 0.375. The molecule has 2 aromatic carbocycles. The fourth-order valence-electron chi connectivity index (χ4n) is 5.01. The zero-order valence-electron chi connectivity index (χ0n) is 15.9. The maximum atomic E-state index is 13.0. The lowest BCUT2D eigenvalue weighted by molar-refractivity contribution is 0.0724. The van der Waals surface area contributed by atoms with E-state index >= 15 is 0 Å². The van der Waals surface area contributed by atoms with E-state index in [1.54, 1.807) is 0 Å². The molecule has 2 aliphatic heterocycles. The number of anilines is 1. The molecule has 0 bridgehead atoms. The molecule has 1 aliphatic carbocycles. The summed E-state index contributed by atoms with van der Waals surface area (Å²) in [5.41, 5.74) is 4.49. The van der Waals surface area contributed by atoms with Crippen LogP contribution in [0.25, 0.3) is 0 Å². The van der Waals surface area contributed by atoms with Gasteiger partial charge in [0, 0.05) is 35.3 Å². The average molecular weight is 393 g/mol. The van der Waals surface area contributed by atoms with E-state index < -0.39 is 0 Å². The summed E-state index contributed by atoms with van der Waals surface area (Å²) in [7, 11) is 0. The average Bonchev–Trinajstić information content (AvgIpc) is 3.24. The Morgan fingerprint density at radius 2 is 1.82 bits per heavy atom. The van der Waals surface area contributed by atoms with Crippen LogP contribution in [0.4, 0.5) is 5.69 Å². The van der Waals surface area contributed by atoms with E-state index in [1.807, 2.05) is 23.1 Å². The molecule has 0 radical (unpaired) electrons. The summed E-state index contributed by atoms with van der Waals surface area (Å²) in [6.45, 7) is 1.78. The van der Waals surface area contributed by atoms with Gasteiger partial charge in [-0.2, -0.15) is 0 Å². The normalized spacial score (nSPS) is 25.8. The van der Waals surface area contributed by atoms with Crippen LogP contribution in [0.3, 0.4) is 0 Å². The zero-order valence-corrected chi connectivity index (χ0v) is 16.7. The molecule has 0 spiro atoms. The number of likely N-dealkylation sites (tertiary alicyclic amines) is 1. The number of hydrogen-bond donors (Lipinski definition) is 1. The van der Waals surface area contributed by atoms with Gasteiger partial charge >= 0.3 is 0 Å². The Morgan fingerprint density at radius 1 is 1.04 bits per heavy atom. The Kier molecular flexibility index (Phi) is 4.64. The summed E-state index contributed by atoms with van der Waals surface area (Å²) in [4.78, 5) is 15.0. The molecule has 5 rings (SSSR count). The number of halogens is 1. The predicted molar refractivity (Wildman–Crippen MR) is 114 cm³/mol. The molecule has 2 aromatic rings. The lowest BCUT2D eigenvalue weighted by Crippen LogP contribution is -2.36. The number of rotatable bonds is 2. The van der Waals surface area contributed by atoms with Gasteiger partial charge in [-0.1, -0.05) is 35.9 Å². The molecule has 28 heavy (non-hydrogen) atoms. The van der Waals surface area contributed by atoms with Crippen molar-refractivity contribution in [2.45, 2.75) is 37.6 Å². The van der Waals surface area contributed by atoms with Crippen LogP contribution in [0.5, 0.6) is 0 Å². The van der Waals surface area contributed by atoms with Crippen LogP contribution in [0.15, 0.2) is 54.6 Å². The van der Waals surface area contributed by atoms with Crippen molar-refractivity contribution < 1.29 is 4.79 Å². The lowest BCUT2D eigenvalue weighted by Gasteiger charge is -2.38. The molecule has 4 heteroatoms. The quantitative estimate of drug-likeness (QED) is 0.655. The first kappa shape index (κ1) is 17.8. The van der Waals surface area contributed by atoms with Crippen LogP contribution in [0.2, 0.25) is 5.02 Å². The summed E-state index contributed by atoms with van der Waals surface area (Å²) >= 11 is 6.09. The van der Waals surface area contributed by atoms with Gasteiger partial charge in [0.2, 0.25) is 0 Å². The van der Waals surface area contributed by atoms with Gasteiger partial charge in [0.15, 0.2) is 0 Å². The van der Waals surface area contributed by atoms with Crippen LogP contribution in [-0.2, 0) is 0 Å². The molecule has 2 heterocycles. The van der Waals surface area contributed by atoms with Crippen LogP contribution in [-0.4, -0.2) is 23.9 Å². The number of carbonyl (C=O) groups is 1. The van der Waals surface area contributed by atoms with Gasteiger partial charge in [-0.25, -0.2) is 0 Å². The summed E-state index contributed by atoms with van der Waals surface area (Å²) in [5.74, 6) is 1.00. The van der Waals surface area contributed by atoms with Crippen molar-refractivity contribution in [3.8, 4) is 0 Å². The number of allylic oxidation sites excluding steroid dienone is 2. The monoisotopic (exact) mass is 392 g/mol. The highest BCUT2D eigenvalue weighted by Gasteiger charge is 2.38. The molecule has 1 saturated heterocycles. The first-order chi connectivity index (χ1) is 13.7. The van der Waals surface area contributed by atoms with Crippen molar-refractivity contribution in [3.63, 3.8) is 0 Å². The molecular weight excluding hydrogens is 368 g/mol. The number of piperidine rings is 1. The molecule has 3 nitrogen and oxygen atoms in total. The number of nitrogens with one attached hydrogen (secondary N) is 1. The number of nitrogens with zero attached hydrogens (tertiary/aromatic N) is 1. The van der Waals surface area contributed by atoms with E-state index in [2.05, 4.69) is 41.7 Å². The van der Waals surface area contributed by atoms with Crippen LogP contribution >= 0.6 is 11.6 Å². The van der Waals surface area contributed by atoms with Crippen molar-refractivity contribution in [3.05, 3.63) is 76.3 Å². The Balaban J connectivity index is 1.47. The third-order valence-electron chi connectivity index (χ3n) is 6.48. The number of fused-ring (bicyclic) bond motifs is 3. The minimum absolute atomic E-state index is 0.181. The SMILES string of the molecule is O=C(c1ccc2c(c1)[C@@H]1C=CC[C@H]1[C@H](c1ccc(Cl)cc1)N2)N1CCCCC1. The lowest BCUT2D eigenvalue weighted by atomic mass is 9.76. The predicted octanol–water partition coefficient (Wildman–Crippen LogP) is 5.79. The largest absolute Gasteiger partial charge is 0.378 e. The topological polar surface area (TPSA) is 32.3 Å². The summed E-state index contributed by atoms with van der Waals surface area (Å²) in [5, 5.41) is 4.51. The Bertz CT molecular complexity index is 915. The molecule has 0 aromatic heterocycles. The third-order valence-corrected chi connectivity index (χ3v) is 6.73. The summed E-state index contributed by atoms with van der Waals surface area (Å²) in [6, 6.07) is 14.6. The standard InChI is InChI=1S/C24H25ClN2O/c25-18-10-7-16(8-11-18)23-20-6-4-5-19(20)21-15-17(9-12-22(21)26-23)24(28)27-13-2-1-3-14-27/h4-5,7-12,15,19-20,23,26H,1-3,6,13-14H2/t19-,20-,23+/m1/s1. The minimum Gasteiger partial charge on any atom is -0.378 e. The first-order valence-electron chi connectivity index (χ1n) is 10.3. The highest BCUT2D eigenvalue weighted by atomic mass is 35.5. The second-order valence-corrected chi connectivity index (χ2v) is 8.62. The number of carbonyl (C=O) groups excluding carboxylic acids is 1. The van der Waals surface area contributed by atoms with Crippen LogP contribution in [0, 0.1) is 5.92 Å². The third kappa shape index (κ3) is 3.12. The fourth-order valence-corrected chi connectivity index (χ4v) is 5.13. The van der Waals surface area contributed by atoms with Crippen molar-refractivity contribution in [2.24, 2.45) is 5.92 Å². The van der Waals surface area contributed by atoms with Crippen molar-refractivity contribution in [1.82, 2.24) is 4.90 Å². The van der Waals surface area contributed by atoms with Gasteiger partial charge in [0.25, 0.3) is 5.91 Å². The van der Waals surface area contributed by atoms with E-state index in [9.17, 15) is 4.79 Å². The molecule has 3 atom stereocenters. The van der Waals surface area contributed by atoms with E-state index in [4.69, 9.17) is 11.6 Å². The van der Waals surface area contributed by atoms with Gasteiger partial charge in [-0.15, -0.1) is 0 Å². The second-order valence-electron chi connectivity index (χ2n) is 8.18. The van der Waals surface area contributed by atoms with Crippen LogP contribution in [0.1, 0.15) is 59.1 Å². The maximum Gasteiger partial charge on any atom is 0.253 e. The highest BCUT2D eigenvalue weighted by molar-refractivity contribution is 6.30. The van der Waals surface area contributed by atoms with E-state index in [1.165, 1.54) is 17.5 Å². The molecular formula is C24H25ClN2O. The van der Waals surface area contributed by atoms with Crippen molar-refractivity contribution in [2.75, 3.05) is 18.4 Å². The number of amides is 1. The molecule has 144 valence electrons. The maximum absolute atomic E-state index is 13.0. The van der Waals surface area contributed by atoms with E-state index in [0.29, 0.717) is 11.8 Å². The second kappa shape index (κ2) is 7.29. The molecule has 0 unspecified atom stereocenters. The first-order valence-corrected chi connectivity index (χ1v) is 10.7. The van der Waals surface area contributed by atoms with Gasteiger partial charge < -0.3 is 10.2 Å². The van der Waals surface area contributed by atoms with Crippen molar-refractivity contribution >= 4 is 23.2 Å². The molecule has 3 aliphatic rings. The Hall–Kier alpha value is -2.26. The number of hydrogen-bond acceptors (Lipinski definition) is 2. The molecule has 1 amide bonds. The molecule has 1 N–H and O–H groups in total. The molecule has 0 saturated carbocycles. The van der Waals surface area contributed by atoms with Gasteiger partial charge in [0.1, 0.15) is 0 Å². The number of benzene rings is 2. The van der Waals surface area contributed by atoms with Gasteiger partial charge in [-0.3, -0.25) is 4.79 Å². The summed E-state index contributed by atoms with van der Waals surface area (Å²) < 4.78 is 0. The van der Waals surface area contributed by atoms with E-state index in [0.717, 1.165) is 48.6 Å². The Labute approximate surface area is 171 Å². The Morgan fingerprint density at radius 3 is 2.61 bits per heavy atom. The van der Waals surface area contributed by atoms with Gasteiger partial charge in [0.05, 0.1) is 6.04 Å². The molecule has 1 fully saturated rings. The van der Waals surface area contributed by atoms with E-state index in [-0.39, 0.29) is 11.9 Å². The smallest absolute Gasteiger partial charge is 0.253 e. The zero-order chi connectivity index (χ0) is 19.1. The van der Waals surface area contributed by atoms with Crippen LogP contribution < -0.4 is 5.32 Å². The minimum atomic E-state index is 0.181. The summed E-state index contributed by atoms with van der Waals surface area (Å²) in [6.07, 6.45) is 9.13. The highest BCUT2D eigenvalue weighted by Crippen LogP contribution is 2.50. The van der Waals surface area contributed by atoms with Crippen molar-refractivity contribution in [1.29, 1.82) is 0 Å².